The Morgan fingerprint density at radius 2 is 1.89 bits per heavy atom. The number of rotatable bonds is 8. The lowest BCUT2D eigenvalue weighted by molar-refractivity contribution is -0.148. The molecule has 0 aliphatic rings. The molecule has 0 radical (unpaired) electrons. The Labute approximate surface area is 161 Å². The molecule has 3 rings (SSSR count). The van der Waals surface area contributed by atoms with Crippen LogP contribution in [0.1, 0.15) is 18.4 Å². The monoisotopic (exact) mass is 386 g/mol. The van der Waals surface area contributed by atoms with Crippen LogP contribution in [0.15, 0.2) is 47.0 Å². The Bertz CT molecular complexity index is 957. The lowest BCUT2D eigenvalue weighted by atomic mass is 10.1. The second-order valence-corrected chi connectivity index (χ2v) is 5.80. The first kappa shape index (κ1) is 19.3. The summed E-state index contributed by atoms with van der Waals surface area (Å²) in [7, 11) is 0. The van der Waals surface area contributed by atoms with E-state index in [-0.39, 0.29) is 30.7 Å². The number of aryl methyl sites for hydroxylation is 1. The number of ether oxygens (including phenoxy) is 3. The van der Waals surface area contributed by atoms with E-state index in [2.05, 4.69) is 10.1 Å². The van der Waals surface area contributed by atoms with E-state index >= 15 is 0 Å². The van der Waals surface area contributed by atoms with Gasteiger partial charge in [-0.2, -0.15) is 4.98 Å². The second-order valence-electron chi connectivity index (χ2n) is 5.80. The topological polar surface area (TPSA) is 83.7 Å². The lowest BCUT2D eigenvalue weighted by Gasteiger charge is -2.10. The highest BCUT2D eigenvalue weighted by Crippen LogP contribution is 2.26. The molecular formula is C20H19FN2O5. The molecule has 0 aliphatic carbocycles. The first-order valence-electron chi connectivity index (χ1n) is 8.66. The summed E-state index contributed by atoms with van der Waals surface area (Å²) in [6.45, 7) is 3.49. The number of hydrogen-bond donors (Lipinski definition) is 0. The normalized spacial score (nSPS) is 10.5. The van der Waals surface area contributed by atoms with Crippen molar-refractivity contribution in [2.45, 2.75) is 20.5 Å². The SMILES string of the molecule is CCOc1ccccc1OCC(=O)OCc1nc(-c2ccc(C)c(F)c2)no1. The summed E-state index contributed by atoms with van der Waals surface area (Å²) in [5.74, 6) is 0.338. The van der Waals surface area contributed by atoms with E-state index in [1.807, 2.05) is 13.0 Å². The van der Waals surface area contributed by atoms with Crippen LogP contribution < -0.4 is 9.47 Å². The van der Waals surface area contributed by atoms with E-state index in [0.29, 0.717) is 29.2 Å². The van der Waals surface area contributed by atoms with E-state index in [4.69, 9.17) is 18.7 Å². The van der Waals surface area contributed by atoms with Crippen LogP contribution in [-0.4, -0.2) is 29.3 Å². The van der Waals surface area contributed by atoms with Crippen LogP contribution in [0.2, 0.25) is 0 Å². The Morgan fingerprint density at radius 1 is 1.14 bits per heavy atom. The highest BCUT2D eigenvalue weighted by molar-refractivity contribution is 5.71. The molecule has 0 saturated carbocycles. The van der Waals surface area contributed by atoms with E-state index in [1.54, 1.807) is 37.3 Å². The Kier molecular flexibility index (Phi) is 6.21. The third kappa shape index (κ3) is 4.85. The maximum atomic E-state index is 13.6. The van der Waals surface area contributed by atoms with Crippen molar-refractivity contribution in [3.63, 3.8) is 0 Å². The van der Waals surface area contributed by atoms with Gasteiger partial charge in [-0.15, -0.1) is 0 Å². The Balaban J connectivity index is 1.53. The number of carbonyl (C=O) groups is 1. The molecule has 146 valence electrons. The van der Waals surface area contributed by atoms with Gasteiger partial charge in [0.1, 0.15) is 5.82 Å². The van der Waals surface area contributed by atoms with Crippen molar-refractivity contribution in [3.8, 4) is 22.9 Å². The number of nitrogens with zero attached hydrogens (tertiary/aromatic N) is 2. The smallest absolute Gasteiger partial charge is 0.344 e. The number of benzene rings is 2. The van der Waals surface area contributed by atoms with E-state index < -0.39 is 5.97 Å². The third-order valence-electron chi connectivity index (χ3n) is 3.75. The average molecular weight is 386 g/mol. The fraction of sp³-hybridized carbons (Fsp3) is 0.250. The van der Waals surface area contributed by atoms with Crippen molar-refractivity contribution in [1.82, 2.24) is 10.1 Å². The molecule has 0 saturated heterocycles. The van der Waals surface area contributed by atoms with Gasteiger partial charge in [0, 0.05) is 5.56 Å². The molecular weight excluding hydrogens is 367 g/mol. The van der Waals surface area contributed by atoms with Crippen molar-refractivity contribution in [2.75, 3.05) is 13.2 Å². The molecule has 2 aromatic carbocycles. The second kappa shape index (κ2) is 8.98. The first-order chi connectivity index (χ1) is 13.6. The van der Waals surface area contributed by atoms with Crippen LogP contribution in [0.5, 0.6) is 11.5 Å². The van der Waals surface area contributed by atoms with Crippen molar-refractivity contribution >= 4 is 5.97 Å². The third-order valence-corrected chi connectivity index (χ3v) is 3.75. The molecule has 0 bridgehead atoms. The van der Waals surface area contributed by atoms with Crippen LogP contribution >= 0.6 is 0 Å². The van der Waals surface area contributed by atoms with Gasteiger partial charge >= 0.3 is 5.97 Å². The molecule has 0 fully saturated rings. The predicted octanol–water partition coefficient (Wildman–Crippen LogP) is 3.71. The van der Waals surface area contributed by atoms with Crippen molar-refractivity contribution in [1.29, 1.82) is 0 Å². The van der Waals surface area contributed by atoms with Gasteiger partial charge in [-0.3, -0.25) is 0 Å². The van der Waals surface area contributed by atoms with Gasteiger partial charge in [0.2, 0.25) is 5.82 Å². The summed E-state index contributed by atoms with van der Waals surface area (Å²) in [5.41, 5.74) is 0.993. The van der Waals surface area contributed by atoms with Gasteiger partial charge < -0.3 is 18.7 Å². The highest BCUT2D eigenvalue weighted by atomic mass is 19.1. The van der Waals surface area contributed by atoms with Crippen LogP contribution in [0.25, 0.3) is 11.4 Å². The van der Waals surface area contributed by atoms with Gasteiger partial charge in [-0.25, -0.2) is 9.18 Å². The highest BCUT2D eigenvalue weighted by Gasteiger charge is 2.13. The molecule has 0 spiro atoms. The fourth-order valence-electron chi connectivity index (χ4n) is 2.33. The van der Waals surface area contributed by atoms with Gasteiger partial charge in [0.05, 0.1) is 6.61 Å². The van der Waals surface area contributed by atoms with Crippen molar-refractivity contribution in [2.24, 2.45) is 0 Å². The average Bonchev–Trinajstić information content (AvgIpc) is 3.17. The number of hydrogen-bond acceptors (Lipinski definition) is 7. The summed E-state index contributed by atoms with van der Waals surface area (Å²) in [6.07, 6.45) is 0. The minimum Gasteiger partial charge on any atom is -0.490 e. The largest absolute Gasteiger partial charge is 0.490 e. The Morgan fingerprint density at radius 3 is 2.61 bits per heavy atom. The summed E-state index contributed by atoms with van der Waals surface area (Å²) in [6, 6.07) is 11.7. The molecule has 0 unspecified atom stereocenters. The minimum atomic E-state index is -0.604. The van der Waals surface area contributed by atoms with E-state index in [9.17, 15) is 9.18 Å². The number of aromatic nitrogens is 2. The van der Waals surface area contributed by atoms with Crippen LogP contribution in [0, 0.1) is 12.7 Å². The van der Waals surface area contributed by atoms with Crippen LogP contribution in [-0.2, 0) is 16.1 Å². The molecule has 8 heteroatoms. The number of esters is 1. The van der Waals surface area contributed by atoms with Crippen molar-refractivity contribution in [3.05, 3.63) is 59.7 Å². The van der Waals surface area contributed by atoms with Gasteiger partial charge in [-0.05, 0) is 37.6 Å². The zero-order chi connectivity index (χ0) is 19.9. The van der Waals surface area contributed by atoms with E-state index in [0.717, 1.165) is 0 Å². The minimum absolute atomic E-state index is 0.0963. The molecule has 1 aromatic heterocycles. The zero-order valence-corrected chi connectivity index (χ0v) is 15.5. The quantitative estimate of drug-likeness (QED) is 0.546. The molecule has 7 nitrogen and oxygen atoms in total. The lowest BCUT2D eigenvalue weighted by Crippen LogP contribution is -2.15. The molecule has 0 N–H and O–H groups in total. The van der Waals surface area contributed by atoms with Crippen molar-refractivity contribution < 1.29 is 27.9 Å². The molecule has 0 aliphatic heterocycles. The zero-order valence-electron chi connectivity index (χ0n) is 15.5. The Hall–Kier alpha value is -3.42. The fourth-order valence-corrected chi connectivity index (χ4v) is 2.33. The van der Waals surface area contributed by atoms with Gasteiger partial charge in [0.15, 0.2) is 24.7 Å². The molecule has 3 aromatic rings. The van der Waals surface area contributed by atoms with Gasteiger partial charge in [0.25, 0.3) is 5.89 Å². The first-order valence-corrected chi connectivity index (χ1v) is 8.66. The maximum Gasteiger partial charge on any atom is 0.344 e. The molecule has 1 heterocycles. The molecule has 0 amide bonds. The summed E-state index contributed by atoms with van der Waals surface area (Å²) >= 11 is 0. The summed E-state index contributed by atoms with van der Waals surface area (Å²) in [5, 5.41) is 3.77. The number of halogens is 1. The standard InChI is InChI=1S/C20H19FN2O5/c1-3-25-16-6-4-5-7-17(16)26-12-19(24)27-11-18-22-20(23-28-18)14-9-8-13(2)15(21)10-14/h4-10H,3,11-12H2,1-2H3. The number of para-hydroxylation sites is 2. The predicted molar refractivity (Wildman–Crippen MR) is 97.3 cm³/mol. The summed E-state index contributed by atoms with van der Waals surface area (Å²) < 4.78 is 34.6. The van der Waals surface area contributed by atoms with Crippen LogP contribution in [0.3, 0.4) is 0 Å². The maximum absolute atomic E-state index is 13.6. The summed E-state index contributed by atoms with van der Waals surface area (Å²) in [4.78, 5) is 16.0. The molecule has 28 heavy (non-hydrogen) atoms. The van der Waals surface area contributed by atoms with Gasteiger partial charge in [-0.1, -0.05) is 29.4 Å². The van der Waals surface area contributed by atoms with Crippen LogP contribution in [0.4, 0.5) is 4.39 Å². The number of carbonyl (C=O) groups excluding carboxylic acids is 1. The van der Waals surface area contributed by atoms with E-state index in [1.165, 1.54) is 6.07 Å². The molecule has 0 atom stereocenters.